The van der Waals surface area contributed by atoms with Gasteiger partial charge in [-0.2, -0.15) is 18.3 Å². The first-order chi connectivity index (χ1) is 21.9. The molecule has 3 heterocycles. The normalized spacial score (nSPS) is 14.5. The summed E-state index contributed by atoms with van der Waals surface area (Å²) < 4.78 is 82.5. The molecule has 3 aromatic rings. The smallest absolute Gasteiger partial charge is 0.417 e. The minimum Gasteiger partial charge on any atom is -0.463 e. The fourth-order valence-electron chi connectivity index (χ4n) is 4.83. The standard InChI is InChI=1S/C31H26F5N5O5/c1-30(13-42,14-43)15-45-29(44)27(41-12-24-23(11-37-41)38-28(39-24)19-3-2-4-21(32)26(19)33)25-10-22(40-46-25)18-8-7-17(16-5-6-16)9-20(18)31(34,35)36/h2-4,7-12,16,27,42-43H,5-6,13-15H2,1H3. The van der Waals surface area contributed by atoms with E-state index in [0.717, 1.165) is 35.7 Å². The van der Waals surface area contributed by atoms with Crippen LogP contribution in [0.4, 0.5) is 22.0 Å². The van der Waals surface area contributed by atoms with Crippen LogP contribution in [0.5, 0.6) is 0 Å². The van der Waals surface area contributed by atoms with E-state index in [1.165, 1.54) is 37.5 Å². The van der Waals surface area contributed by atoms with Crippen LogP contribution < -0.4 is 0 Å². The summed E-state index contributed by atoms with van der Waals surface area (Å²) >= 11 is 0. The molecule has 6 rings (SSSR count). The lowest BCUT2D eigenvalue weighted by molar-refractivity contribution is -0.152. The lowest BCUT2D eigenvalue weighted by atomic mass is 9.94. The lowest BCUT2D eigenvalue weighted by Gasteiger charge is -2.25. The van der Waals surface area contributed by atoms with E-state index in [4.69, 9.17) is 9.26 Å². The molecular formula is C31H26F5N5O5. The Morgan fingerprint density at radius 2 is 1.78 bits per heavy atom. The maximum Gasteiger partial charge on any atom is 0.417 e. The number of hydrogen-bond donors (Lipinski definition) is 2. The van der Waals surface area contributed by atoms with Gasteiger partial charge in [0, 0.05) is 17.0 Å². The molecule has 0 saturated heterocycles. The van der Waals surface area contributed by atoms with Gasteiger partial charge in [-0.15, -0.1) is 0 Å². The zero-order valence-corrected chi connectivity index (χ0v) is 24.1. The number of benzene rings is 2. The molecule has 1 unspecified atom stereocenters. The van der Waals surface area contributed by atoms with E-state index in [9.17, 15) is 37.0 Å². The van der Waals surface area contributed by atoms with Crippen LogP contribution in [0.2, 0.25) is 0 Å². The molecule has 1 aliphatic carbocycles. The number of alkyl halides is 3. The number of aromatic nitrogens is 5. The highest BCUT2D eigenvalue weighted by Gasteiger charge is 2.38. The van der Waals surface area contributed by atoms with E-state index in [-0.39, 0.29) is 45.7 Å². The maximum absolute atomic E-state index is 14.4. The number of rotatable bonds is 10. The second-order valence-electron chi connectivity index (χ2n) is 11.5. The van der Waals surface area contributed by atoms with E-state index in [1.807, 2.05) is 0 Å². The molecule has 3 aliphatic rings. The second-order valence-corrected chi connectivity index (χ2v) is 11.5. The second kappa shape index (κ2) is 11.9. The number of ether oxygens (including phenoxy) is 1. The minimum atomic E-state index is -4.70. The Morgan fingerprint density at radius 3 is 2.48 bits per heavy atom. The summed E-state index contributed by atoms with van der Waals surface area (Å²) in [5.41, 5.74) is -1.94. The summed E-state index contributed by atoms with van der Waals surface area (Å²) in [4.78, 5) is 22.0. The van der Waals surface area contributed by atoms with Crippen molar-refractivity contribution in [1.82, 2.24) is 24.9 Å². The van der Waals surface area contributed by atoms with Gasteiger partial charge in [0.05, 0.1) is 36.7 Å². The third kappa shape index (κ3) is 6.07. The molecule has 2 aromatic carbocycles. The Hall–Kier alpha value is -4.76. The molecule has 240 valence electrons. The molecule has 2 aliphatic heterocycles. The van der Waals surface area contributed by atoms with Crippen LogP contribution in [-0.4, -0.2) is 60.9 Å². The molecule has 0 spiro atoms. The van der Waals surface area contributed by atoms with E-state index >= 15 is 0 Å². The Labute approximate surface area is 257 Å². The summed E-state index contributed by atoms with van der Waals surface area (Å²) in [6.45, 7) is -0.00918. The molecule has 15 heteroatoms. The summed E-state index contributed by atoms with van der Waals surface area (Å²) in [5.74, 6) is -3.60. The Kier molecular flexibility index (Phi) is 8.06. The highest BCUT2D eigenvalue weighted by molar-refractivity contribution is 5.78. The van der Waals surface area contributed by atoms with Crippen molar-refractivity contribution < 1.29 is 46.2 Å². The van der Waals surface area contributed by atoms with Crippen LogP contribution in [0.25, 0.3) is 34.0 Å². The van der Waals surface area contributed by atoms with Crippen LogP contribution in [0.15, 0.2) is 59.4 Å². The molecule has 1 aromatic heterocycles. The molecular weight excluding hydrogens is 617 g/mol. The fourth-order valence-corrected chi connectivity index (χ4v) is 4.83. The first kappa shape index (κ1) is 31.2. The van der Waals surface area contributed by atoms with Crippen LogP contribution >= 0.6 is 0 Å². The highest BCUT2D eigenvalue weighted by atomic mass is 19.4. The molecule has 0 amide bonds. The Balaban J connectivity index is 1.40. The highest BCUT2D eigenvalue weighted by Crippen LogP contribution is 2.45. The van der Waals surface area contributed by atoms with Crippen molar-refractivity contribution >= 4 is 5.97 Å². The van der Waals surface area contributed by atoms with Gasteiger partial charge in [-0.3, -0.25) is 0 Å². The molecule has 10 nitrogen and oxygen atoms in total. The molecule has 1 fully saturated rings. The van der Waals surface area contributed by atoms with Crippen molar-refractivity contribution in [2.45, 2.75) is 37.9 Å². The SMILES string of the molecule is CC(CO)(CO)COC(=O)C(c1cc(-c2ccc(C3CC3)cc2C(F)(F)F)no1)n1cc2nc(-c3cccc(F)c3F)nc-2cn1. The van der Waals surface area contributed by atoms with Gasteiger partial charge in [0.15, 0.2) is 23.2 Å². The monoisotopic (exact) mass is 643 g/mol. The molecule has 1 saturated carbocycles. The average Bonchev–Trinajstić information content (AvgIpc) is 3.63. The van der Waals surface area contributed by atoms with Crippen LogP contribution in [0.1, 0.15) is 48.6 Å². The molecule has 2 N–H and O–H groups in total. The van der Waals surface area contributed by atoms with Gasteiger partial charge in [-0.1, -0.05) is 30.3 Å². The van der Waals surface area contributed by atoms with Crippen LogP contribution in [0, 0.1) is 17.0 Å². The number of halogens is 5. The van der Waals surface area contributed by atoms with E-state index in [1.54, 1.807) is 6.07 Å². The van der Waals surface area contributed by atoms with Crippen molar-refractivity contribution in [1.29, 1.82) is 0 Å². The van der Waals surface area contributed by atoms with E-state index in [2.05, 4.69) is 20.2 Å². The van der Waals surface area contributed by atoms with Gasteiger partial charge >= 0.3 is 12.1 Å². The number of nitrogens with zero attached hydrogens (tertiary/aromatic N) is 5. The lowest BCUT2D eigenvalue weighted by Crippen LogP contribution is -2.35. The third-order valence-corrected chi connectivity index (χ3v) is 7.76. The van der Waals surface area contributed by atoms with Gasteiger partial charge in [0.1, 0.15) is 23.7 Å². The number of aliphatic hydroxyl groups is 2. The van der Waals surface area contributed by atoms with Gasteiger partial charge in [0.2, 0.25) is 6.04 Å². The summed E-state index contributed by atoms with van der Waals surface area (Å²) in [6.07, 6.45) is -0.639. The number of imidazole rings is 1. The summed E-state index contributed by atoms with van der Waals surface area (Å²) in [5, 5.41) is 27.3. The van der Waals surface area contributed by atoms with E-state index in [0.29, 0.717) is 5.56 Å². The maximum atomic E-state index is 14.4. The number of carbonyl (C=O) groups excluding carboxylic acids is 1. The number of hydrogen-bond acceptors (Lipinski definition) is 9. The van der Waals surface area contributed by atoms with Gasteiger partial charge in [-0.05, 0) is 42.5 Å². The van der Waals surface area contributed by atoms with Crippen molar-refractivity contribution in [2.75, 3.05) is 19.8 Å². The third-order valence-electron chi connectivity index (χ3n) is 7.76. The summed E-state index contributed by atoms with van der Waals surface area (Å²) in [6, 6.07) is 7.11. The van der Waals surface area contributed by atoms with Crippen LogP contribution in [-0.2, 0) is 15.7 Å². The summed E-state index contributed by atoms with van der Waals surface area (Å²) in [7, 11) is 0. The number of fused-ring (bicyclic) bond motifs is 1. The van der Waals surface area contributed by atoms with Crippen molar-refractivity contribution in [3.63, 3.8) is 0 Å². The van der Waals surface area contributed by atoms with Gasteiger partial charge < -0.3 is 19.5 Å². The predicted molar refractivity (Wildman–Crippen MR) is 150 cm³/mol. The number of esters is 1. The fraction of sp³-hybridized carbons (Fsp3) is 0.323. The van der Waals surface area contributed by atoms with E-state index < -0.39 is 60.6 Å². The van der Waals surface area contributed by atoms with Gasteiger partial charge in [0.25, 0.3) is 0 Å². The number of carbonyl (C=O) groups is 1. The topological polar surface area (TPSA) is 136 Å². The zero-order valence-electron chi connectivity index (χ0n) is 24.1. The van der Waals surface area contributed by atoms with Crippen molar-refractivity contribution in [3.8, 4) is 34.0 Å². The largest absolute Gasteiger partial charge is 0.463 e. The predicted octanol–water partition coefficient (Wildman–Crippen LogP) is 5.40. The molecule has 1 atom stereocenters. The average molecular weight is 644 g/mol. The molecule has 0 bridgehead atoms. The first-order valence-electron chi connectivity index (χ1n) is 14.1. The van der Waals surface area contributed by atoms with Gasteiger partial charge in [-0.25, -0.2) is 28.2 Å². The molecule has 46 heavy (non-hydrogen) atoms. The van der Waals surface area contributed by atoms with Crippen molar-refractivity contribution in [2.24, 2.45) is 5.41 Å². The minimum absolute atomic E-state index is 0.0697. The zero-order chi connectivity index (χ0) is 32.8. The van der Waals surface area contributed by atoms with Crippen molar-refractivity contribution in [3.05, 3.63) is 83.4 Å². The van der Waals surface area contributed by atoms with Crippen LogP contribution in [0.3, 0.4) is 0 Å². The first-order valence-corrected chi connectivity index (χ1v) is 14.1. The Morgan fingerprint density at radius 1 is 1.04 bits per heavy atom. The number of aliphatic hydroxyl groups excluding tert-OH is 2. The molecule has 0 radical (unpaired) electrons. The quantitative estimate of drug-likeness (QED) is 0.152. The Bertz CT molecular complexity index is 1860.